The fourth-order valence-electron chi connectivity index (χ4n) is 0.985. The molecule has 1 aromatic rings. The van der Waals surface area contributed by atoms with Gasteiger partial charge in [-0.3, -0.25) is 4.98 Å². The molecule has 1 heterocycles. The highest BCUT2D eigenvalue weighted by atomic mass is 19.4. The van der Waals surface area contributed by atoms with E-state index in [1.54, 1.807) is 0 Å². The Bertz CT molecular complexity index is 332. The Balaban J connectivity index is 3.01. The van der Waals surface area contributed by atoms with E-state index in [2.05, 4.69) is 4.98 Å². The van der Waals surface area contributed by atoms with Crippen molar-refractivity contribution in [1.82, 2.24) is 4.98 Å². The highest BCUT2D eigenvalue weighted by molar-refractivity contribution is 5.20. The van der Waals surface area contributed by atoms with Crippen molar-refractivity contribution in [3.8, 4) is 0 Å². The quantitative estimate of drug-likeness (QED) is 0.789. The lowest BCUT2D eigenvalue weighted by atomic mass is 10.0. The van der Waals surface area contributed by atoms with Crippen LogP contribution < -0.4 is 5.73 Å². The van der Waals surface area contributed by atoms with Crippen molar-refractivity contribution in [3.05, 3.63) is 29.6 Å². The highest BCUT2D eigenvalue weighted by Crippen LogP contribution is 2.29. The van der Waals surface area contributed by atoms with Gasteiger partial charge in [0.05, 0.1) is 11.3 Å². The van der Waals surface area contributed by atoms with Crippen LogP contribution in [0.15, 0.2) is 18.3 Å². The number of alkyl halides is 3. The minimum Gasteiger partial charge on any atom is -0.383 e. The van der Waals surface area contributed by atoms with Gasteiger partial charge in [-0.2, -0.15) is 13.2 Å². The van der Waals surface area contributed by atoms with Gasteiger partial charge < -0.3 is 10.8 Å². The minimum atomic E-state index is -4.42. The molecule has 1 rings (SSSR count). The minimum absolute atomic E-state index is 0.106. The summed E-state index contributed by atoms with van der Waals surface area (Å²) in [7, 11) is 0. The molecule has 84 valence electrons. The second-order valence-electron chi connectivity index (χ2n) is 3.41. The Hall–Kier alpha value is -1.14. The van der Waals surface area contributed by atoms with Gasteiger partial charge in [-0.05, 0) is 19.1 Å². The molecule has 0 aromatic carbocycles. The van der Waals surface area contributed by atoms with Crippen molar-refractivity contribution in [1.29, 1.82) is 0 Å². The molecule has 0 saturated carbocycles. The number of hydrogen-bond donors (Lipinski definition) is 2. The third-order valence-corrected chi connectivity index (χ3v) is 2.04. The van der Waals surface area contributed by atoms with Crippen LogP contribution >= 0.6 is 0 Å². The molecule has 0 aliphatic heterocycles. The van der Waals surface area contributed by atoms with Crippen LogP contribution in [-0.2, 0) is 11.8 Å². The van der Waals surface area contributed by atoms with Gasteiger partial charge >= 0.3 is 6.18 Å². The standard InChI is InChI=1S/C9H11F3N2O/c1-8(15,5-13)7-3-2-6(4-14-7)9(10,11)12/h2-4,15H,5,13H2,1H3. The first-order chi connectivity index (χ1) is 6.77. The van der Waals surface area contributed by atoms with E-state index in [0.29, 0.717) is 6.20 Å². The second-order valence-corrected chi connectivity index (χ2v) is 3.41. The van der Waals surface area contributed by atoms with E-state index in [1.807, 2.05) is 0 Å². The molecule has 0 saturated heterocycles. The van der Waals surface area contributed by atoms with Gasteiger partial charge in [-0.15, -0.1) is 0 Å². The molecule has 0 radical (unpaired) electrons. The summed E-state index contributed by atoms with van der Waals surface area (Å²) in [4.78, 5) is 3.54. The van der Waals surface area contributed by atoms with Crippen molar-refractivity contribution < 1.29 is 18.3 Å². The predicted octanol–water partition coefficient (Wildman–Crippen LogP) is 1.27. The Kier molecular flexibility index (Phi) is 3.01. The molecule has 6 heteroatoms. The van der Waals surface area contributed by atoms with Gasteiger partial charge in [0.2, 0.25) is 0 Å². The molecule has 0 fully saturated rings. The molecule has 0 aliphatic carbocycles. The lowest BCUT2D eigenvalue weighted by Crippen LogP contribution is -2.32. The molecule has 3 nitrogen and oxygen atoms in total. The SMILES string of the molecule is CC(O)(CN)c1ccc(C(F)(F)F)cn1. The number of hydrogen-bond acceptors (Lipinski definition) is 3. The largest absolute Gasteiger partial charge is 0.417 e. The van der Waals surface area contributed by atoms with E-state index >= 15 is 0 Å². The van der Waals surface area contributed by atoms with Gasteiger partial charge in [-0.1, -0.05) is 0 Å². The van der Waals surface area contributed by atoms with Crippen LogP contribution in [0.25, 0.3) is 0 Å². The Morgan fingerprint density at radius 2 is 2.00 bits per heavy atom. The van der Waals surface area contributed by atoms with Crippen LogP contribution in [-0.4, -0.2) is 16.6 Å². The maximum Gasteiger partial charge on any atom is 0.417 e. The van der Waals surface area contributed by atoms with Crippen molar-refractivity contribution in [2.45, 2.75) is 18.7 Å². The molecule has 0 spiro atoms. The van der Waals surface area contributed by atoms with Crippen LogP contribution in [0.5, 0.6) is 0 Å². The van der Waals surface area contributed by atoms with Crippen molar-refractivity contribution in [2.75, 3.05) is 6.54 Å². The van der Waals surface area contributed by atoms with E-state index in [1.165, 1.54) is 6.92 Å². The van der Waals surface area contributed by atoms with E-state index in [0.717, 1.165) is 12.1 Å². The molecule has 1 atom stereocenters. The number of aliphatic hydroxyl groups is 1. The zero-order chi connectivity index (χ0) is 11.7. The van der Waals surface area contributed by atoms with Crippen molar-refractivity contribution in [2.24, 2.45) is 5.73 Å². The third-order valence-electron chi connectivity index (χ3n) is 2.04. The van der Waals surface area contributed by atoms with E-state index in [4.69, 9.17) is 5.73 Å². The summed E-state index contributed by atoms with van der Waals surface area (Å²) in [5.74, 6) is 0. The molecule has 0 aliphatic rings. The van der Waals surface area contributed by atoms with Crippen molar-refractivity contribution >= 4 is 0 Å². The first-order valence-corrected chi connectivity index (χ1v) is 4.23. The molecule has 1 unspecified atom stereocenters. The van der Waals surface area contributed by atoms with Gasteiger partial charge in [0.1, 0.15) is 5.60 Å². The van der Waals surface area contributed by atoms with Gasteiger partial charge in [-0.25, -0.2) is 0 Å². The fourth-order valence-corrected chi connectivity index (χ4v) is 0.985. The number of nitrogens with zero attached hydrogens (tertiary/aromatic N) is 1. The van der Waals surface area contributed by atoms with Crippen LogP contribution in [0.2, 0.25) is 0 Å². The summed E-state index contributed by atoms with van der Waals surface area (Å²) >= 11 is 0. The number of rotatable bonds is 2. The number of aromatic nitrogens is 1. The van der Waals surface area contributed by atoms with Crippen LogP contribution in [0.4, 0.5) is 13.2 Å². The summed E-state index contributed by atoms with van der Waals surface area (Å²) < 4.78 is 36.5. The molecule has 1 aromatic heterocycles. The van der Waals surface area contributed by atoms with Crippen LogP contribution in [0.3, 0.4) is 0 Å². The van der Waals surface area contributed by atoms with Gasteiger partial charge in [0.25, 0.3) is 0 Å². The molecule has 0 amide bonds. The lowest BCUT2D eigenvalue weighted by Gasteiger charge is -2.20. The van der Waals surface area contributed by atoms with Crippen molar-refractivity contribution in [3.63, 3.8) is 0 Å². The normalized spacial score (nSPS) is 16.1. The van der Waals surface area contributed by atoms with E-state index in [9.17, 15) is 18.3 Å². The topological polar surface area (TPSA) is 59.1 Å². The summed E-state index contributed by atoms with van der Waals surface area (Å²) in [5, 5.41) is 9.62. The molecule has 0 bridgehead atoms. The monoisotopic (exact) mass is 220 g/mol. The Morgan fingerprint density at radius 3 is 2.33 bits per heavy atom. The molecule has 3 N–H and O–H groups in total. The maximum absolute atomic E-state index is 12.2. The first kappa shape index (κ1) is 11.9. The number of halogens is 3. The zero-order valence-corrected chi connectivity index (χ0v) is 8.04. The summed E-state index contributed by atoms with van der Waals surface area (Å²) in [6.07, 6.45) is -3.74. The molecular weight excluding hydrogens is 209 g/mol. The van der Waals surface area contributed by atoms with E-state index in [-0.39, 0.29) is 12.2 Å². The summed E-state index contributed by atoms with van der Waals surface area (Å²) in [6, 6.07) is 1.99. The summed E-state index contributed by atoms with van der Waals surface area (Å²) in [5.41, 5.74) is 3.13. The number of nitrogens with two attached hydrogens (primary N) is 1. The average molecular weight is 220 g/mol. The van der Waals surface area contributed by atoms with Crippen LogP contribution in [0.1, 0.15) is 18.2 Å². The maximum atomic E-state index is 12.2. The predicted molar refractivity (Wildman–Crippen MR) is 47.9 cm³/mol. The second kappa shape index (κ2) is 3.79. The molecular formula is C9H11F3N2O. The highest BCUT2D eigenvalue weighted by Gasteiger charge is 2.31. The Labute approximate surface area is 84.7 Å². The summed E-state index contributed by atoms with van der Waals surface area (Å²) in [6.45, 7) is 1.29. The molecule has 15 heavy (non-hydrogen) atoms. The van der Waals surface area contributed by atoms with Gasteiger partial charge in [0.15, 0.2) is 0 Å². The Morgan fingerprint density at radius 1 is 1.40 bits per heavy atom. The van der Waals surface area contributed by atoms with Crippen LogP contribution in [0, 0.1) is 0 Å². The smallest absolute Gasteiger partial charge is 0.383 e. The third kappa shape index (κ3) is 2.66. The zero-order valence-electron chi connectivity index (χ0n) is 8.04. The van der Waals surface area contributed by atoms with Gasteiger partial charge in [0, 0.05) is 12.7 Å². The van der Waals surface area contributed by atoms with E-state index < -0.39 is 17.3 Å². The number of pyridine rings is 1. The first-order valence-electron chi connectivity index (χ1n) is 4.23. The fraction of sp³-hybridized carbons (Fsp3) is 0.444. The lowest BCUT2D eigenvalue weighted by molar-refractivity contribution is -0.137. The average Bonchev–Trinajstić information content (AvgIpc) is 2.17.